The first-order valence-electron chi connectivity index (χ1n) is 10.9. The molecule has 2 aromatic heterocycles. The van der Waals surface area contributed by atoms with Crippen molar-refractivity contribution in [2.45, 2.75) is 25.7 Å². The highest BCUT2D eigenvalue weighted by Gasteiger charge is 2.21. The number of nitrogens with zero attached hydrogens (tertiary/aromatic N) is 4. The molecule has 32 heavy (non-hydrogen) atoms. The van der Waals surface area contributed by atoms with Gasteiger partial charge in [-0.3, -0.25) is 0 Å². The fourth-order valence-corrected chi connectivity index (χ4v) is 4.81. The lowest BCUT2D eigenvalue weighted by Gasteiger charge is -2.13. The molecule has 162 valence electrons. The third-order valence-corrected chi connectivity index (χ3v) is 6.45. The van der Waals surface area contributed by atoms with E-state index in [-0.39, 0.29) is 0 Å². The smallest absolute Gasteiger partial charge is 0.344 e. The Balaban J connectivity index is 1.61. The van der Waals surface area contributed by atoms with Gasteiger partial charge in [0.05, 0.1) is 22.1 Å². The summed E-state index contributed by atoms with van der Waals surface area (Å²) in [6, 6.07) is 6.88. The van der Waals surface area contributed by atoms with Crippen molar-refractivity contribution in [2.24, 2.45) is 9.98 Å². The molecule has 0 bridgehead atoms. The second-order valence-corrected chi connectivity index (χ2v) is 8.62. The molecule has 0 aliphatic carbocycles. The van der Waals surface area contributed by atoms with Crippen molar-refractivity contribution in [1.82, 2.24) is 9.80 Å². The summed E-state index contributed by atoms with van der Waals surface area (Å²) in [6.45, 7) is 1.90. The van der Waals surface area contributed by atoms with Crippen LogP contribution in [-0.2, 0) is 0 Å². The molecule has 8 nitrogen and oxygen atoms in total. The maximum atomic E-state index is 12.9. The number of benzene rings is 2. The molecule has 0 saturated carbocycles. The van der Waals surface area contributed by atoms with Crippen LogP contribution in [0.2, 0.25) is 0 Å². The van der Waals surface area contributed by atoms with E-state index in [4.69, 9.17) is 18.8 Å². The predicted molar refractivity (Wildman–Crippen MR) is 125 cm³/mol. The van der Waals surface area contributed by atoms with E-state index in [2.05, 4.69) is 9.80 Å². The summed E-state index contributed by atoms with van der Waals surface area (Å²) < 4.78 is 11.3. The topological polar surface area (TPSA) is 91.6 Å². The lowest BCUT2D eigenvalue weighted by molar-refractivity contribution is 0.549. The average Bonchev–Trinajstić information content (AvgIpc) is 3.35. The van der Waals surface area contributed by atoms with Crippen LogP contribution < -0.4 is 11.3 Å². The average molecular weight is 430 g/mol. The van der Waals surface area contributed by atoms with Crippen LogP contribution in [0.1, 0.15) is 25.7 Å². The Kier molecular flexibility index (Phi) is 4.11. The van der Waals surface area contributed by atoms with E-state index in [9.17, 15) is 9.59 Å². The van der Waals surface area contributed by atoms with Gasteiger partial charge in [-0.15, -0.1) is 0 Å². The fourth-order valence-electron chi connectivity index (χ4n) is 4.81. The minimum absolute atomic E-state index is 0.340. The summed E-state index contributed by atoms with van der Waals surface area (Å²) in [4.78, 5) is 39.4. The second kappa shape index (κ2) is 6.91. The number of likely N-dealkylation sites (tertiary alicyclic amines) is 2. The van der Waals surface area contributed by atoms with Crippen LogP contribution in [0.4, 0.5) is 11.4 Å². The van der Waals surface area contributed by atoms with Crippen molar-refractivity contribution < 1.29 is 8.83 Å². The minimum Gasteiger partial charge on any atom is -0.422 e. The number of aliphatic imine (C=N–C) groups is 2. The molecule has 2 fully saturated rings. The molecule has 0 spiro atoms. The number of rotatable bonds is 2. The van der Waals surface area contributed by atoms with E-state index < -0.39 is 11.3 Å². The van der Waals surface area contributed by atoms with Crippen LogP contribution >= 0.6 is 0 Å². The second-order valence-electron chi connectivity index (χ2n) is 8.62. The lowest BCUT2D eigenvalue weighted by atomic mass is 10.0. The molecule has 0 unspecified atom stereocenters. The van der Waals surface area contributed by atoms with Crippen molar-refractivity contribution in [3.05, 3.63) is 45.1 Å². The first-order chi connectivity index (χ1) is 15.5. The van der Waals surface area contributed by atoms with Gasteiger partial charge in [-0.25, -0.2) is 19.6 Å². The Morgan fingerprint density at radius 1 is 0.719 bits per heavy atom. The molecular weight excluding hydrogens is 408 g/mol. The molecule has 6 rings (SSSR count). The normalized spacial score (nSPS) is 19.7. The number of hydrogen-bond acceptors (Lipinski definition) is 6. The Labute approximate surface area is 182 Å². The zero-order valence-electron chi connectivity index (χ0n) is 18.0. The largest absolute Gasteiger partial charge is 0.422 e. The summed E-state index contributed by atoms with van der Waals surface area (Å²) in [6.07, 6.45) is 3.84. The van der Waals surface area contributed by atoms with Gasteiger partial charge in [0, 0.05) is 62.9 Å². The first-order valence-corrected chi connectivity index (χ1v) is 10.9. The van der Waals surface area contributed by atoms with Gasteiger partial charge in [0.15, 0.2) is 0 Å². The van der Waals surface area contributed by atoms with Gasteiger partial charge in [0.1, 0.15) is 22.8 Å². The lowest BCUT2D eigenvalue weighted by Crippen LogP contribution is -2.18. The van der Waals surface area contributed by atoms with E-state index in [1.54, 1.807) is 24.3 Å². The van der Waals surface area contributed by atoms with Gasteiger partial charge in [-0.05, 0) is 25.0 Å². The van der Waals surface area contributed by atoms with Crippen molar-refractivity contribution >= 4 is 55.8 Å². The molecule has 2 aliphatic heterocycles. The van der Waals surface area contributed by atoms with E-state index in [1.807, 2.05) is 14.1 Å². The molecule has 8 heteroatoms. The first kappa shape index (κ1) is 19.0. The minimum atomic E-state index is -0.484. The van der Waals surface area contributed by atoms with Gasteiger partial charge < -0.3 is 18.6 Å². The van der Waals surface area contributed by atoms with Gasteiger partial charge in [-0.1, -0.05) is 0 Å². The molecule has 2 saturated heterocycles. The van der Waals surface area contributed by atoms with Crippen LogP contribution in [0, 0.1) is 0 Å². The molecule has 4 aromatic rings. The fraction of sp³-hybridized carbons (Fsp3) is 0.333. The zero-order chi connectivity index (χ0) is 22.0. The molecule has 0 radical (unpaired) electrons. The van der Waals surface area contributed by atoms with Gasteiger partial charge in [-0.2, -0.15) is 0 Å². The zero-order valence-corrected chi connectivity index (χ0v) is 18.0. The van der Waals surface area contributed by atoms with E-state index in [0.29, 0.717) is 44.1 Å². The number of amidine groups is 2. The predicted octanol–water partition coefficient (Wildman–Crippen LogP) is 4.00. The maximum Gasteiger partial charge on any atom is 0.344 e. The van der Waals surface area contributed by atoms with Crippen LogP contribution in [-0.4, -0.2) is 48.7 Å². The monoisotopic (exact) mass is 430 g/mol. The third-order valence-electron chi connectivity index (χ3n) is 6.45. The van der Waals surface area contributed by atoms with Crippen LogP contribution in [0.3, 0.4) is 0 Å². The van der Waals surface area contributed by atoms with Crippen molar-refractivity contribution in [3.63, 3.8) is 0 Å². The van der Waals surface area contributed by atoms with E-state index in [0.717, 1.165) is 50.4 Å². The highest BCUT2D eigenvalue weighted by Crippen LogP contribution is 2.36. The quantitative estimate of drug-likeness (QED) is 0.353. The van der Waals surface area contributed by atoms with Gasteiger partial charge in [0.25, 0.3) is 0 Å². The molecule has 2 aromatic carbocycles. The third kappa shape index (κ3) is 2.90. The highest BCUT2D eigenvalue weighted by atomic mass is 16.4. The summed E-state index contributed by atoms with van der Waals surface area (Å²) in [5.41, 5.74) is 0.863. The molecule has 4 heterocycles. The van der Waals surface area contributed by atoms with E-state index in [1.165, 1.54) is 0 Å². The Morgan fingerprint density at radius 2 is 1.16 bits per heavy atom. The Bertz CT molecular complexity index is 1440. The van der Waals surface area contributed by atoms with Crippen molar-refractivity contribution in [1.29, 1.82) is 0 Å². The van der Waals surface area contributed by atoms with Crippen LogP contribution in [0.15, 0.2) is 52.7 Å². The Hall–Kier alpha value is -3.68. The summed E-state index contributed by atoms with van der Waals surface area (Å²) >= 11 is 0. The molecular formula is C24H22N4O4. The highest BCUT2D eigenvalue weighted by molar-refractivity contribution is 6.20. The summed E-state index contributed by atoms with van der Waals surface area (Å²) in [5, 5.41) is 1.90. The summed E-state index contributed by atoms with van der Waals surface area (Å²) in [7, 11) is 3.99. The SMILES string of the molecule is CN1CCCC1=Nc1cc2oc(=O)c3cc(N=C4CCCN4C)cc4oc(=O)c(c1)c2c43. The standard InChI is InChI=1S/C24H22N4O4/c1-27-7-3-5-19(27)25-13-9-15-21-17(11-13)31-24(30)16-10-14(26-20-6-4-8-28(20)2)12-18(22(16)21)32-23(15)29/h9-12H,3-8H2,1-2H3. The van der Waals surface area contributed by atoms with Crippen LogP contribution in [0.25, 0.3) is 32.7 Å². The molecule has 0 atom stereocenters. The molecule has 0 amide bonds. The van der Waals surface area contributed by atoms with Gasteiger partial charge in [0.2, 0.25) is 0 Å². The van der Waals surface area contributed by atoms with E-state index >= 15 is 0 Å². The van der Waals surface area contributed by atoms with Gasteiger partial charge >= 0.3 is 11.3 Å². The van der Waals surface area contributed by atoms with Crippen LogP contribution in [0.5, 0.6) is 0 Å². The maximum absolute atomic E-state index is 12.9. The van der Waals surface area contributed by atoms with Crippen molar-refractivity contribution in [2.75, 3.05) is 27.2 Å². The molecule has 0 N–H and O–H groups in total. The van der Waals surface area contributed by atoms with Crippen molar-refractivity contribution in [3.8, 4) is 0 Å². The summed E-state index contributed by atoms with van der Waals surface area (Å²) in [5.74, 6) is 1.90. The number of hydrogen-bond donors (Lipinski definition) is 0. The molecule has 2 aliphatic rings. The Morgan fingerprint density at radius 3 is 1.53 bits per heavy atom.